The first-order chi connectivity index (χ1) is 16.2. The van der Waals surface area contributed by atoms with Crippen molar-refractivity contribution < 1.29 is 22.8 Å². The summed E-state index contributed by atoms with van der Waals surface area (Å²) in [7, 11) is 0. The lowest BCUT2D eigenvalue weighted by Crippen LogP contribution is -2.40. The largest absolute Gasteiger partial charge is 0.435 e. The minimum absolute atomic E-state index is 0.0202. The van der Waals surface area contributed by atoms with Crippen LogP contribution in [-0.2, 0) is 23.9 Å². The Morgan fingerprint density at radius 3 is 2.50 bits per heavy atom. The van der Waals surface area contributed by atoms with Crippen molar-refractivity contribution >= 4 is 23.0 Å². The maximum absolute atomic E-state index is 12.9. The van der Waals surface area contributed by atoms with Gasteiger partial charge in [-0.15, -0.1) is 11.3 Å². The summed E-state index contributed by atoms with van der Waals surface area (Å²) in [6.07, 6.45) is -2.06. The Balaban J connectivity index is 1.28. The molecule has 0 spiro atoms. The SMILES string of the molecule is Cc1cc(C(F)(F)F)nn1CC(=O)N1CCC(c2nc(C(=O)CCc3ccccc3)cs2)CC1. The van der Waals surface area contributed by atoms with Gasteiger partial charge in [-0.05, 0) is 37.8 Å². The molecular formula is C24H25F3N4O2S. The number of hydrogen-bond acceptors (Lipinski definition) is 5. The van der Waals surface area contributed by atoms with E-state index in [1.807, 2.05) is 30.3 Å². The molecular weight excluding hydrogens is 465 g/mol. The summed E-state index contributed by atoms with van der Waals surface area (Å²) in [6.45, 7) is 2.27. The molecule has 2 aromatic heterocycles. The lowest BCUT2D eigenvalue weighted by Gasteiger charge is -2.31. The lowest BCUT2D eigenvalue weighted by molar-refractivity contribution is -0.142. The van der Waals surface area contributed by atoms with Gasteiger partial charge in [-0.25, -0.2) is 4.98 Å². The maximum atomic E-state index is 12.9. The van der Waals surface area contributed by atoms with Crippen LogP contribution >= 0.6 is 11.3 Å². The number of carbonyl (C=O) groups is 2. The first-order valence-corrected chi connectivity index (χ1v) is 12.0. The second kappa shape index (κ2) is 10.1. The van der Waals surface area contributed by atoms with Crippen molar-refractivity contribution in [3.8, 4) is 0 Å². The molecule has 10 heteroatoms. The summed E-state index contributed by atoms with van der Waals surface area (Å²) in [5.74, 6) is -0.0749. The van der Waals surface area contributed by atoms with Crippen molar-refractivity contribution in [1.29, 1.82) is 0 Å². The van der Waals surface area contributed by atoms with Gasteiger partial charge in [0.25, 0.3) is 0 Å². The third-order valence-electron chi connectivity index (χ3n) is 6.04. The quantitative estimate of drug-likeness (QED) is 0.443. The van der Waals surface area contributed by atoms with E-state index in [0.29, 0.717) is 50.2 Å². The van der Waals surface area contributed by atoms with E-state index in [4.69, 9.17) is 0 Å². The zero-order valence-corrected chi connectivity index (χ0v) is 19.5. The fraction of sp³-hybridized carbons (Fsp3) is 0.417. The van der Waals surface area contributed by atoms with Crippen molar-refractivity contribution in [1.82, 2.24) is 19.7 Å². The van der Waals surface area contributed by atoms with Gasteiger partial charge in [0.1, 0.15) is 12.2 Å². The second-order valence-corrected chi connectivity index (χ2v) is 9.35. The molecule has 0 saturated carbocycles. The van der Waals surface area contributed by atoms with Crippen LogP contribution in [0.25, 0.3) is 0 Å². The summed E-state index contributed by atoms with van der Waals surface area (Å²) >= 11 is 1.47. The van der Waals surface area contributed by atoms with Crippen LogP contribution in [-0.4, -0.2) is 44.4 Å². The number of amides is 1. The Morgan fingerprint density at radius 1 is 1.15 bits per heavy atom. The number of halogens is 3. The van der Waals surface area contributed by atoms with Crippen molar-refractivity contribution in [2.24, 2.45) is 0 Å². The van der Waals surface area contributed by atoms with Gasteiger partial charge in [0, 0.05) is 36.5 Å². The number of carbonyl (C=O) groups excluding carboxylic acids is 2. The molecule has 3 aromatic rings. The minimum Gasteiger partial charge on any atom is -0.341 e. The van der Waals surface area contributed by atoms with Gasteiger partial charge in [0.15, 0.2) is 11.5 Å². The lowest BCUT2D eigenvalue weighted by atomic mass is 9.97. The molecule has 6 nitrogen and oxygen atoms in total. The Kier molecular flexibility index (Phi) is 7.16. The first kappa shape index (κ1) is 24.1. The molecule has 1 aliphatic heterocycles. The molecule has 34 heavy (non-hydrogen) atoms. The number of Topliss-reactive ketones (excluding diaryl/α,β-unsaturated/α-hetero) is 1. The predicted octanol–water partition coefficient (Wildman–Crippen LogP) is 4.89. The molecule has 0 aliphatic carbocycles. The van der Waals surface area contributed by atoms with Gasteiger partial charge in [0.2, 0.25) is 5.91 Å². The third-order valence-corrected chi connectivity index (χ3v) is 7.05. The Labute approximate surface area is 199 Å². The summed E-state index contributed by atoms with van der Waals surface area (Å²) in [5, 5.41) is 6.24. The van der Waals surface area contributed by atoms with Gasteiger partial charge >= 0.3 is 6.18 Å². The highest BCUT2D eigenvalue weighted by atomic mass is 32.1. The maximum Gasteiger partial charge on any atom is 0.435 e. The highest BCUT2D eigenvalue weighted by molar-refractivity contribution is 7.09. The van der Waals surface area contributed by atoms with Crippen LogP contribution < -0.4 is 0 Å². The number of ketones is 1. The predicted molar refractivity (Wildman–Crippen MR) is 122 cm³/mol. The number of aryl methyl sites for hydroxylation is 2. The molecule has 0 N–H and O–H groups in total. The van der Waals surface area contributed by atoms with Crippen LogP contribution in [0, 0.1) is 6.92 Å². The molecule has 180 valence electrons. The van der Waals surface area contributed by atoms with E-state index in [9.17, 15) is 22.8 Å². The Bertz CT molecular complexity index is 1150. The number of alkyl halides is 3. The molecule has 0 bridgehead atoms. The molecule has 1 amide bonds. The number of piperidine rings is 1. The highest BCUT2D eigenvalue weighted by Crippen LogP contribution is 2.31. The number of likely N-dealkylation sites (tertiary alicyclic amines) is 1. The van der Waals surface area contributed by atoms with E-state index in [0.717, 1.165) is 21.3 Å². The number of nitrogens with zero attached hydrogens (tertiary/aromatic N) is 4. The van der Waals surface area contributed by atoms with E-state index >= 15 is 0 Å². The zero-order chi connectivity index (χ0) is 24.3. The monoisotopic (exact) mass is 490 g/mol. The van der Waals surface area contributed by atoms with E-state index < -0.39 is 11.9 Å². The average Bonchev–Trinajstić information content (AvgIpc) is 3.46. The van der Waals surface area contributed by atoms with E-state index in [1.54, 1.807) is 10.3 Å². The molecule has 3 heterocycles. The molecule has 0 radical (unpaired) electrons. The number of thiazole rings is 1. The van der Waals surface area contributed by atoms with Crippen LogP contribution in [0.1, 0.15) is 57.6 Å². The van der Waals surface area contributed by atoms with Crippen molar-refractivity contribution in [3.05, 3.63) is 69.4 Å². The van der Waals surface area contributed by atoms with E-state index in [1.165, 1.54) is 18.3 Å². The number of benzene rings is 1. The fourth-order valence-electron chi connectivity index (χ4n) is 4.05. The summed E-state index contributed by atoms with van der Waals surface area (Å²) < 4.78 is 39.7. The fourth-order valence-corrected chi connectivity index (χ4v) is 5.04. The zero-order valence-electron chi connectivity index (χ0n) is 18.7. The standard InChI is InChI=1S/C24H25F3N4O2S/c1-16-13-21(24(25,26)27)29-31(16)14-22(33)30-11-9-18(10-12-30)23-28-19(15-34-23)20(32)8-7-17-5-3-2-4-6-17/h2-6,13,15,18H,7-12,14H2,1H3. The van der Waals surface area contributed by atoms with Crippen LogP contribution in [0.2, 0.25) is 0 Å². The van der Waals surface area contributed by atoms with Crippen LogP contribution in [0.15, 0.2) is 41.8 Å². The summed E-state index contributed by atoms with van der Waals surface area (Å²) in [4.78, 5) is 31.4. The summed E-state index contributed by atoms with van der Waals surface area (Å²) in [5.41, 5.74) is 0.907. The first-order valence-electron chi connectivity index (χ1n) is 11.1. The number of hydrogen-bond donors (Lipinski definition) is 0. The number of rotatable bonds is 7. The normalized spacial score (nSPS) is 15.0. The van der Waals surface area contributed by atoms with Gasteiger partial charge in [-0.3, -0.25) is 14.3 Å². The van der Waals surface area contributed by atoms with Crippen molar-refractivity contribution in [3.63, 3.8) is 0 Å². The van der Waals surface area contributed by atoms with Crippen molar-refractivity contribution in [2.75, 3.05) is 13.1 Å². The number of aromatic nitrogens is 3. The van der Waals surface area contributed by atoms with Crippen LogP contribution in [0.4, 0.5) is 13.2 Å². The van der Waals surface area contributed by atoms with Crippen LogP contribution in [0.5, 0.6) is 0 Å². The van der Waals surface area contributed by atoms with Gasteiger partial charge < -0.3 is 4.90 Å². The minimum atomic E-state index is -4.53. The molecule has 1 fully saturated rings. The van der Waals surface area contributed by atoms with Crippen LogP contribution in [0.3, 0.4) is 0 Å². The molecule has 0 atom stereocenters. The van der Waals surface area contributed by atoms with Gasteiger partial charge in [0.05, 0.1) is 5.01 Å². The van der Waals surface area contributed by atoms with E-state index in [-0.39, 0.29) is 24.2 Å². The topological polar surface area (TPSA) is 68.1 Å². The van der Waals surface area contributed by atoms with Gasteiger partial charge in [-0.1, -0.05) is 30.3 Å². The third kappa shape index (κ3) is 5.72. The second-order valence-electron chi connectivity index (χ2n) is 8.46. The average molecular weight is 491 g/mol. The van der Waals surface area contributed by atoms with Gasteiger partial charge in [-0.2, -0.15) is 18.3 Å². The van der Waals surface area contributed by atoms with E-state index in [2.05, 4.69) is 10.1 Å². The Hall–Kier alpha value is -3.01. The molecule has 1 aromatic carbocycles. The summed E-state index contributed by atoms with van der Waals surface area (Å²) in [6, 6.07) is 10.8. The smallest absolute Gasteiger partial charge is 0.341 e. The van der Waals surface area contributed by atoms with Crippen molar-refractivity contribution in [2.45, 2.75) is 51.2 Å². The molecule has 0 unspecified atom stereocenters. The highest BCUT2D eigenvalue weighted by Gasteiger charge is 2.35. The Morgan fingerprint density at radius 2 is 1.85 bits per heavy atom. The molecule has 1 saturated heterocycles. The molecule has 4 rings (SSSR count). The molecule has 1 aliphatic rings.